The highest BCUT2D eigenvalue weighted by molar-refractivity contribution is 5.95. The van der Waals surface area contributed by atoms with Gasteiger partial charge in [-0.25, -0.2) is 4.79 Å². The highest BCUT2D eigenvalue weighted by Crippen LogP contribution is 2.25. The van der Waals surface area contributed by atoms with Crippen LogP contribution in [0.1, 0.15) is 12.5 Å². The Morgan fingerprint density at radius 1 is 1.19 bits per heavy atom. The minimum Gasteiger partial charge on any atom is -0.467 e. The van der Waals surface area contributed by atoms with Gasteiger partial charge in [-0.05, 0) is 17.0 Å². The summed E-state index contributed by atoms with van der Waals surface area (Å²) in [6.45, 7) is 1.37. The molecule has 0 aliphatic heterocycles. The first-order chi connectivity index (χ1) is 10.0. The van der Waals surface area contributed by atoms with Crippen molar-refractivity contribution >= 4 is 28.3 Å². The summed E-state index contributed by atoms with van der Waals surface area (Å²) in [4.78, 5) is 23.0. The van der Waals surface area contributed by atoms with Crippen molar-refractivity contribution in [3.63, 3.8) is 0 Å². The monoisotopic (exact) mass is 286 g/mol. The topological polar surface area (TPSA) is 81.4 Å². The second-order valence-corrected chi connectivity index (χ2v) is 4.84. The number of carbonyl (C=O) groups is 2. The summed E-state index contributed by atoms with van der Waals surface area (Å²) in [6, 6.07) is 10.7. The van der Waals surface area contributed by atoms with Crippen molar-refractivity contribution in [3.8, 4) is 0 Å². The van der Waals surface area contributed by atoms with Gasteiger partial charge in [-0.3, -0.25) is 4.79 Å². The SMILES string of the molecule is COC(=O)C(Cc1ccc(N)c2ccccc12)NC(C)=O. The molecule has 0 aliphatic carbocycles. The average molecular weight is 286 g/mol. The van der Waals surface area contributed by atoms with Crippen LogP contribution in [-0.4, -0.2) is 25.0 Å². The van der Waals surface area contributed by atoms with E-state index in [9.17, 15) is 9.59 Å². The summed E-state index contributed by atoms with van der Waals surface area (Å²) in [5.41, 5.74) is 7.58. The molecule has 3 N–H and O–H groups in total. The van der Waals surface area contributed by atoms with E-state index < -0.39 is 12.0 Å². The summed E-state index contributed by atoms with van der Waals surface area (Å²) in [5, 5.41) is 4.51. The third-order valence-corrected chi connectivity index (χ3v) is 3.34. The Morgan fingerprint density at radius 2 is 1.86 bits per heavy atom. The fourth-order valence-electron chi connectivity index (χ4n) is 2.36. The first-order valence-electron chi connectivity index (χ1n) is 6.64. The van der Waals surface area contributed by atoms with Crippen LogP contribution in [0, 0.1) is 0 Å². The van der Waals surface area contributed by atoms with E-state index in [4.69, 9.17) is 10.5 Å². The first-order valence-corrected chi connectivity index (χ1v) is 6.64. The molecule has 0 spiro atoms. The Balaban J connectivity index is 2.39. The Labute approximate surface area is 123 Å². The molecule has 0 radical (unpaired) electrons. The van der Waals surface area contributed by atoms with E-state index in [1.54, 1.807) is 6.07 Å². The second kappa shape index (κ2) is 6.26. The molecule has 5 nitrogen and oxygen atoms in total. The van der Waals surface area contributed by atoms with Crippen molar-refractivity contribution in [1.82, 2.24) is 5.32 Å². The van der Waals surface area contributed by atoms with E-state index in [0.29, 0.717) is 12.1 Å². The number of esters is 1. The van der Waals surface area contributed by atoms with Gasteiger partial charge in [0.15, 0.2) is 0 Å². The van der Waals surface area contributed by atoms with Gasteiger partial charge in [0.2, 0.25) is 5.91 Å². The number of hydrogen-bond donors (Lipinski definition) is 2. The maximum Gasteiger partial charge on any atom is 0.328 e. The maximum absolute atomic E-state index is 11.8. The van der Waals surface area contributed by atoms with Gasteiger partial charge in [0, 0.05) is 24.4 Å². The summed E-state index contributed by atoms with van der Waals surface area (Å²) in [6.07, 6.45) is 0.354. The lowest BCUT2D eigenvalue weighted by molar-refractivity contribution is -0.144. The van der Waals surface area contributed by atoms with Crippen LogP contribution in [0.15, 0.2) is 36.4 Å². The maximum atomic E-state index is 11.8. The number of rotatable bonds is 4. The molecule has 0 saturated carbocycles. The number of amides is 1. The molecular formula is C16H18N2O3. The second-order valence-electron chi connectivity index (χ2n) is 4.84. The van der Waals surface area contributed by atoms with E-state index in [-0.39, 0.29) is 5.91 Å². The minimum atomic E-state index is -0.709. The molecule has 0 saturated heterocycles. The molecule has 0 aromatic heterocycles. The average Bonchev–Trinajstić information content (AvgIpc) is 2.48. The highest BCUT2D eigenvalue weighted by atomic mass is 16.5. The number of nitrogen functional groups attached to an aromatic ring is 1. The van der Waals surface area contributed by atoms with Gasteiger partial charge in [-0.2, -0.15) is 0 Å². The number of nitrogens with two attached hydrogens (primary N) is 1. The van der Waals surface area contributed by atoms with Crippen molar-refractivity contribution in [3.05, 3.63) is 42.0 Å². The first kappa shape index (κ1) is 14.8. The molecule has 2 aromatic carbocycles. The Kier molecular flexibility index (Phi) is 4.42. The standard InChI is InChI=1S/C16H18N2O3/c1-10(19)18-15(16(20)21-2)9-11-7-8-14(17)13-6-4-3-5-12(11)13/h3-8,15H,9,17H2,1-2H3,(H,18,19). The van der Waals surface area contributed by atoms with Crippen LogP contribution in [0.4, 0.5) is 5.69 Å². The lowest BCUT2D eigenvalue weighted by Crippen LogP contribution is -2.42. The molecule has 2 aromatic rings. The van der Waals surface area contributed by atoms with Crippen LogP contribution in [0.2, 0.25) is 0 Å². The molecule has 21 heavy (non-hydrogen) atoms. The normalized spacial score (nSPS) is 11.9. The molecule has 1 atom stereocenters. The fourth-order valence-corrected chi connectivity index (χ4v) is 2.36. The number of fused-ring (bicyclic) bond motifs is 1. The smallest absolute Gasteiger partial charge is 0.328 e. The van der Waals surface area contributed by atoms with Crippen LogP contribution in [0.3, 0.4) is 0 Å². The van der Waals surface area contributed by atoms with Crippen LogP contribution < -0.4 is 11.1 Å². The van der Waals surface area contributed by atoms with Crippen molar-refractivity contribution in [2.45, 2.75) is 19.4 Å². The van der Waals surface area contributed by atoms with Crippen LogP contribution in [0.25, 0.3) is 10.8 Å². The van der Waals surface area contributed by atoms with Gasteiger partial charge in [0.25, 0.3) is 0 Å². The van der Waals surface area contributed by atoms with Crippen LogP contribution in [-0.2, 0) is 20.7 Å². The van der Waals surface area contributed by atoms with Gasteiger partial charge in [-0.1, -0.05) is 30.3 Å². The van der Waals surface area contributed by atoms with E-state index >= 15 is 0 Å². The van der Waals surface area contributed by atoms with Crippen LogP contribution >= 0.6 is 0 Å². The predicted molar refractivity (Wildman–Crippen MR) is 81.7 cm³/mol. The van der Waals surface area contributed by atoms with E-state index in [1.165, 1.54) is 14.0 Å². The Bertz CT molecular complexity index is 682. The number of methoxy groups -OCH3 is 1. The molecule has 0 aliphatic rings. The largest absolute Gasteiger partial charge is 0.467 e. The summed E-state index contributed by atoms with van der Waals surface area (Å²) < 4.78 is 4.74. The predicted octanol–water partition coefficient (Wildman–Crippen LogP) is 1.64. The van der Waals surface area contributed by atoms with Gasteiger partial charge in [0.1, 0.15) is 6.04 Å². The summed E-state index contributed by atoms with van der Waals surface area (Å²) >= 11 is 0. The van der Waals surface area contributed by atoms with Crippen molar-refractivity contribution in [2.24, 2.45) is 0 Å². The molecular weight excluding hydrogens is 268 g/mol. The molecule has 1 unspecified atom stereocenters. The van der Waals surface area contributed by atoms with E-state index in [1.807, 2.05) is 30.3 Å². The number of nitrogens with one attached hydrogen (secondary N) is 1. The zero-order valence-corrected chi connectivity index (χ0v) is 12.1. The van der Waals surface area contributed by atoms with Crippen molar-refractivity contribution in [1.29, 1.82) is 0 Å². The lowest BCUT2D eigenvalue weighted by atomic mass is 9.97. The Hall–Kier alpha value is -2.56. The number of anilines is 1. The fraction of sp³-hybridized carbons (Fsp3) is 0.250. The molecule has 1 amide bonds. The third-order valence-electron chi connectivity index (χ3n) is 3.34. The van der Waals surface area contributed by atoms with Gasteiger partial charge >= 0.3 is 5.97 Å². The molecule has 2 rings (SSSR count). The summed E-state index contributed by atoms with van der Waals surface area (Å²) in [7, 11) is 1.30. The van der Waals surface area contributed by atoms with E-state index in [0.717, 1.165) is 16.3 Å². The summed E-state index contributed by atoms with van der Waals surface area (Å²) in [5.74, 6) is -0.740. The highest BCUT2D eigenvalue weighted by Gasteiger charge is 2.21. The zero-order chi connectivity index (χ0) is 15.4. The Morgan fingerprint density at radius 3 is 2.48 bits per heavy atom. The van der Waals surface area contributed by atoms with Crippen molar-refractivity contribution in [2.75, 3.05) is 12.8 Å². The molecule has 110 valence electrons. The van der Waals surface area contributed by atoms with E-state index in [2.05, 4.69) is 5.32 Å². The molecule has 0 fully saturated rings. The lowest BCUT2D eigenvalue weighted by Gasteiger charge is -2.17. The van der Waals surface area contributed by atoms with Gasteiger partial charge in [-0.15, -0.1) is 0 Å². The quantitative estimate of drug-likeness (QED) is 0.661. The number of ether oxygens (including phenoxy) is 1. The van der Waals surface area contributed by atoms with Crippen molar-refractivity contribution < 1.29 is 14.3 Å². The molecule has 0 heterocycles. The van der Waals surface area contributed by atoms with Gasteiger partial charge in [0.05, 0.1) is 7.11 Å². The van der Waals surface area contributed by atoms with Gasteiger partial charge < -0.3 is 15.8 Å². The minimum absolute atomic E-state index is 0.273. The molecule has 5 heteroatoms. The number of hydrogen-bond acceptors (Lipinski definition) is 4. The number of carbonyl (C=O) groups excluding carboxylic acids is 2. The zero-order valence-electron chi connectivity index (χ0n) is 12.1. The van der Waals surface area contributed by atoms with Crippen LogP contribution in [0.5, 0.6) is 0 Å². The third kappa shape index (κ3) is 3.31. The molecule has 0 bridgehead atoms. The number of benzene rings is 2.